The number of nitrogens with one attached hydrogen (secondary N) is 1. The number of aromatic nitrogens is 1. The molecule has 33 heavy (non-hydrogen) atoms. The molecule has 0 spiro atoms. The van der Waals surface area contributed by atoms with Crippen LogP contribution in [0, 0.1) is 37.0 Å². The second-order valence-corrected chi connectivity index (χ2v) is 10.1. The van der Waals surface area contributed by atoms with Gasteiger partial charge in [-0.1, -0.05) is 29.8 Å². The number of likely N-dealkylation sites (tertiary alicyclic amines) is 1. The molecule has 3 atom stereocenters. The quantitative estimate of drug-likeness (QED) is 0.624. The number of carbonyl (C=O) groups is 2. The van der Waals surface area contributed by atoms with E-state index in [1.807, 2.05) is 36.9 Å². The molecule has 2 amide bonds. The maximum absolute atomic E-state index is 13.6. The summed E-state index contributed by atoms with van der Waals surface area (Å²) in [6.45, 7) is 5.09. The molecule has 1 aliphatic heterocycles. The van der Waals surface area contributed by atoms with Gasteiger partial charge >= 0.3 is 0 Å². The lowest BCUT2D eigenvalue weighted by molar-refractivity contribution is 0.0690. The van der Waals surface area contributed by atoms with Crippen molar-refractivity contribution in [3.05, 3.63) is 75.9 Å². The summed E-state index contributed by atoms with van der Waals surface area (Å²) >= 11 is 1.54. The van der Waals surface area contributed by atoms with Crippen molar-refractivity contribution in [2.45, 2.75) is 26.3 Å². The Labute approximate surface area is 196 Å². The van der Waals surface area contributed by atoms with E-state index in [1.165, 1.54) is 0 Å². The minimum Gasteiger partial charge on any atom is -0.350 e. The average molecular weight is 457 g/mol. The third-order valence-electron chi connectivity index (χ3n) is 6.53. The molecule has 0 unspecified atom stereocenters. The van der Waals surface area contributed by atoms with Gasteiger partial charge in [-0.3, -0.25) is 9.59 Å². The number of aryl methyl sites for hydroxylation is 2. The third kappa shape index (κ3) is 4.14. The van der Waals surface area contributed by atoms with Crippen molar-refractivity contribution in [2.75, 3.05) is 13.1 Å². The third-order valence-corrected chi connectivity index (χ3v) is 7.55. The Kier molecular flexibility index (Phi) is 5.47. The summed E-state index contributed by atoms with van der Waals surface area (Å²) in [5, 5.41) is 12.8. The molecule has 1 N–H and O–H groups in total. The van der Waals surface area contributed by atoms with Crippen LogP contribution in [0.1, 0.15) is 43.4 Å². The number of hydrogen-bond donors (Lipinski definition) is 1. The van der Waals surface area contributed by atoms with Gasteiger partial charge in [0.25, 0.3) is 11.8 Å². The van der Waals surface area contributed by atoms with E-state index in [4.69, 9.17) is 5.26 Å². The van der Waals surface area contributed by atoms with E-state index in [-0.39, 0.29) is 17.9 Å². The molecular formula is C26H24N4O2S. The van der Waals surface area contributed by atoms with Gasteiger partial charge < -0.3 is 10.2 Å². The predicted octanol–water partition coefficient (Wildman–Crippen LogP) is 4.19. The molecule has 2 fully saturated rings. The summed E-state index contributed by atoms with van der Waals surface area (Å²) < 4.78 is 0. The van der Waals surface area contributed by atoms with Crippen LogP contribution in [0.3, 0.4) is 0 Å². The first-order valence-electron chi connectivity index (χ1n) is 11.1. The fourth-order valence-corrected chi connectivity index (χ4v) is 5.66. The zero-order valence-electron chi connectivity index (χ0n) is 18.5. The highest BCUT2D eigenvalue weighted by atomic mass is 32.1. The highest BCUT2D eigenvalue weighted by molar-refractivity contribution is 7.15. The molecule has 1 saturated heterocycles. The lowest BCUT2D eigenvalue weighted by Crippen LogP contribution is -2.45. The number of piperidine rings is 1. The molecule has 7 heteroatoms. The van der Waals surface area contributed by atoms with Crippen molar-refractivity contribution in [3.8, 4) is 16.5 Å². The highest BCUT2D eigenvalue weighted by Gasteiger charge is 2.54. The van der Waals surface area contributed by atoms with E-state index in [9.17, 15) is 9.59 Å². The maximum Gasteiger partial charge on any atom is 0.274 e. The molecule has 1 aromatic heterocycles. The van der Waals surface area contributed by atoms with E-state index in [2.05, 4.69) is 22.4 Å². The molecule has 5 rings (SSSR count). The zero-order chi connectivity index (χ0) is 23.1. The second-order valence-electron chi connectivity index (χ2n) is 8.86. The van der Waals surface area contributed by atoms with Crippen LogP contribution in [0.5, 0.6) is 0 Å². The number of nitriles is 1. The standard InChI is InChI=1S/C26H24N4O2S/c1-15-4-3-5-19(10-15)24-23(29-16(2)33-24)26(32)30-14-20-11-21(20)22(30)13-28-25(31)18-8-6-17(12-27)7-9-18/h3-10,20-22H,11,13-14H2,1-2H3,(H,28,31)/t20-,21-,22-/m1/s1. The van der Waals surface area contributed by atoms with Gasteiger partial charge in [-0.2, -0.15) is 5.26 Å². The molecule has 3 aromatic rings. The Bertz CT molecular complexity index is 1270. The minimum absolute atomic E-state index is 0.0304. The number of fused-ring (bicyclic) bond motifs is 1. The SMILES string of the molecule is Cc1cccc(-c2sc(C)nc2C(=O)N2C[C@H]3C[C@H]3[C@H]2CNC(=O)c2ccc(C#N)cc2)c1. The van der Waals surface area contributed by atoms with Crippen LogP contribution in [0.25, 0.3) is 10.4 Å². The van der Waals surface area contributed by atoms with Crippen LogP contribution in [0.4, 0.5) is 0 Å². The summed E-state index contributed by atoms with van der Waals surface area (Å²) in [6, 6.07) is 16.7. The van der Waals surface area contributed by atoms with E-state index < -0.39 is 0 Å². The Morgan fingerprint density at radius 1 is 1.21 bits per heavy atom. The van der Waals surface area contributed by atoms with Crippen LogP contribution < -0.4 is 5.32 Å². The number of carbonyl (C=O) groups excluding carboxylic acids is 2. The van der Waals surface area contributed by atoms with Gasteiger partial charge in [-0.15, -0.1) is 11.3 Å². The molecule has 1 saturated carbocycles. The van der Waals surface area contributed by atoms with Crippen LogP contribution in [0.15, 0.2) is 48.5 Å². The summed E-state index contributed by atoms with van der Waals surface area (Å²) in [5.74, 6) is 0.687. The number of rotatable bonds is 5. The second kappa shape index (κ2) is 8.45. The summed E-state index contributed by atoms with van der Waals surface area (Å²) in [5.41, 5.74) is 3.69. The number of benzene rings is 2. The van der Waals surface area contributed by atoms with Gasteiger partial charge in [0.2, 0.25) is 0 Å². The maximum atomic E-state index is 13.6. The lowest BCUT2D eigenvalue weighted by Gasteiger charge is -2.27. The molecule has 2 heterocycles. The smallest absolute Gasteiger partial charge is 0.274 e. The molecule has 2 aliphatic rings. The zero-order valence-corrected chi connectivity index (χ0v) is 19.4. The Hall–Kier alpha value is -3.50. The van der Waals surface area contributed by atoms with Crippen LogP contribution in [0.2, 0.25) is 0 Å². The first kappa shape index (κ1) is 21.4. The number of thiazole rings is 1. The fraction of sp³-hybridized carbons (Fsp3) is 0.308. The van der Waals surface area contributed by atoms with Crippen molar-refractivity contribution in [1.29, 1.82) is 5.26 Å². The van der Waals surface area contributed by atoms with Gasteiger partial charge in [0, 0.05) is 18.7 Å². The lowest BCUT2D eigenvalue weighted by atomic mass is 10.1. The predicted molar refractivity (Wildman–Crippen MR) is 127 cm³/mol. The van der Waals surface area contributed by atoms with Crippen molar-refractivity contribution in [1.82, 2.24) is 15.2 Å². The largest absolute Gasteiger partial charge is 0.350 e. The van der Waals surface area contributed by atoms with Gasteiger partial charge in [0.1, 0.15) is 5.69 Å². The van der Waals surface area contributed by atoms with Crippen LogP contribution in [-0.4, -0.2) is 40.8 Å². The molecule has 1 aliphatic carbocycles. The number of amides is 2. The molecule has 166 valence electrons. The Morgan fingerprint density at radius 2 is 2.00 bits per heavy atom. The number of hydrogen-bond acceptors (Lipinski definition) is 5. The van der Waals surface area contributed by atoms with Gasteiger partial charge in [-0.05, 0) is 61.9 Å². The van der Waals surface area contributed by atoms with Crippen LogP contribution in [-0.2, 0) is 0 Å². The molecule has 2 aromatic carbocycles. The van der Waals surface area contributed by atoms with Crippen molar-refractivity contribution in [2.24, 2.45) is 11.8 Å². The topological polar surface area (TPSA) is 86.1 Å². The molecule has 6 nitrogen and oxygen atoms in total. The van der Waals surface area contributed by atoms with Crippen LogP contribution >= 0.6 is 11.3 Å². The Balaban J connectivity index is 1.34. The summed E-state index contributed by atoms with van der Waals surface area (Å²) in [4.78, 5) is 33.7. The minimum atomic E-state index is -0.194. The van der Waals surface area contributed by atoms with Gasteiger partial charge in [0.05, 0.1) is 27.6 Å². The highest BCUT2D eigenvalue weighted by Crippen LogP contribution is 2.50. The van der Waals surface area contributed by atoms with Crippen molar-refractivity contribution >= 4 is 23.2 Å². The van der Waals surface area contributed by atoms with Crippen molar-refractivity contribution < 1.29 is 9.59 Å². The van der Waals surface area contributed by atoms with Gasteiger partial charge in [-0.25, -0.2) is 4.98 Å². The summed E-state index contributed by atoms with van der Waals surface area (Å²) in [6.07, 6.45) is 1.10. The molecule has 0 bridgehead atoms. The molecule has 0 radical (unpaired) electrons. The van der Waals surface area contributed by atoms with Gasteiger partial charge in [0.15, 0.2) is 0 Å². The first-order valence-corrected chi connectivity index (χ1v) is 11.9. The van der Waals surface area contributed by atoms with E-state index >= 15 is 0 Å². The monoisotopic (exact) mass is 456 g/mol. The number of nitrogens with zero attached hydrogens (tertiary/aromatic N) is 3. The van der Waals surface area contributed by atoms with E-state index in [0.717, 1.165) is 27.4 Å². The summed E-state index contributed by atoms with van der Waals surface area (Å²) in [7, 11) is 0. The fourth-order valence-electron chi connectivity index (χ4n) is 4.75. The first-order chi connectivity index (χ1) is 15.9. The normalized spacial score (nSPS) is 20.8. The van der Waals surface area contributed by atoms with Crippen molar-refractivity contribution in [3.63, 3.8) is 0 Å². The molecular weight excluding hydrogens is 432 g/mol. The van der Waals surface area contributed by atoms with E-state index in [1.54, 1.807) is 35.6 Å². The van der Waals surface area contributed by atoms with E-state index in [0.29, 0.717) is 41.7 Å². The average Bonchev–Trinajstić information content (AvgIpc) is 3.33. The Morgan fingerprint density at radius 3 is 2.73 bits per heavy atom.